The molecule has 4 nitrogen and oxygen atoms in total. The molecule has 0 saturated heterocycles. The highest BCUT2D eigenvalue weighted by atomic mass is 79.9. The number of halogens is 1. The molecular formula is C14H14BrN4+. The zero-order valence-electron chi connectivity index (χ0n) is 10.2. The first-order valence-corrected chi connectivity index (χ1v) is 6.53. The van der Waals surface area contributed by atoms with Crippen molar-refractivity contribution in [2.45, 2.75) is 0 Å². The predicted molar refractivity (Wildman–Crippen MR) is 81.1 cm³/mol. The summed E-state index contributed by atoms with van der Waals surface area (Å²) in [5.74, 6) is 0.370. The molecule has 5 heteroatoms. The first-order chi connectivity index (χ1) is 9.25. The largest absolute Gasteiger partial charge is 0.369 e. The summed E-state index contributed by atoms with van der Waals surface area (Å²) in [6.07, 6.45) is 1.70. The van der Waals surface area contributed by atoms with E-state index in [2.05, 4.69) is 31.4 Å². The van der Waals surface area contributed by atoms with E-state index in [-0.39, 0.29) is 0 Å². The molecular weight excluding hydrogens is 304 g/mol. The number of nitrogens with one attached hydrogen (secondary N) is 2. The number of rotatable bonds is 3. The van der Waals surface area contributed by atoms with Crippen LogP contribution in [0.1, 0.15) is 5.56 Å². The number of hydrogen-bond acceptors (Lipinski definition) is 1. The molecule has 2 aromatic rings. The van der Waals surface area contributed by atoms with Gasteiger partial charge in [0.05, 0.1) is 11.9 Å². The molecule has 0 atom stereocenters. The van der Waals surface area contributed by atoms with E-state index in [9.17, 15) is 0 Å². The summed E-state index contributed by atoms with van der Waals surface area (Å²) in [6.45, 7) is 0. The zero-order valence-corrected chi connectivity index (χ0v) is 11.8. The van der Waals surface area contributed by atoms with E-state index in [0.717, 1.165) is 15.7 Å². The first-order valence-electron chi connectivity index (χ1n) is 5.74. The summed E-state index contributed by atoms with van der Waals surface area (Å²) in [6, 6.07) is 17.5. The third-order valence-electron chi connectivity index (χ3n) is 2.35. The molecule has 0 radical (unpaired) electrons. The highest BCUT2D eigenvalue weighted by molar-refractivity contribution is 9.10. The normalized spacial score (nSPS) is 11.7. The van der Waals surface area contributed by atoms with Crippen LogP contribution in [0.3, 0.4) is 0 Å². The van der Waals surface area contributed by atoms with Crippen molar-refractivity contribution in [1.82, 2.24) is 5.43 Å². The molecule has 0 saturated carbocycles. The molecule has 0 aliphatic heterocycles. The Hall–Kier alpha value is -2.14. The van der Waals surface area contributed by atoms with Crippen molar-refractivity contribution in [3.63, 3.8) is 0 Å². The monoisotopic (exact) mass is 317 g/mol. The summed E-state index contributed by atoms with van der Waals surface area (Å²) in [5, 5.41) is 4.07. The van der Waals surface area contributed by atoms with Crippen LogP contribution in [0.4, 0.5) is 5.69 Å². The molecule has 0 aliphatic rings. The number of benzene rings is 2. The number of nitrogens with zero attached hydrogens (tertiary/aromatic N) is 1. The van der Waals surface area contributed by atoms with Crippen molar-refractivity contribution in [3.05, 3.63) is 64.6 Å². The van der Waals surface area contributed by atoms with Gasteiger partial charge in [0.1, 0.15) is 0 Å². The highest BCUT2D eigenvalue weighted by Gasteiger charge is 1.98. The summed E-state index contributed by atoms with van der Waals surface area (Å²) in [5.41, 5.74) is 10.4. The summed E-state index contributed by atoms with van der Waals surface area (Å²) >= 11 is 3.44. The van der Waals surface area contributed by atoms with Crippen molar-refractivity contribution < 1.29 is 4.99 Å². The predicted octanol–water partition coefficient (Wildman–Crippen LogP) is 1.10. The lowest BCUT2D eigenvalue weighted by molar-refractivity contribution is -0.357. The van der Waals surface area contributed by atoms with Gasteiger partial charge < -0.3 is 0 Å². The average Bonchev–Trinajstić information content (AvgIpc) is 2.42. The van der Waals surface area contributed by atoms with E-state index in [1.54, 1.807) is 6.21 Å². The maximum absolute atomic E-state index is 5.78. The van der Waals surface area contributed by atoms with Crippen LogP contribution in [-0.2, 0) is 0 Å². The lowest BCUT2D eigenvalue weighted by Gasteiger charge is -1.96. The quantitative estimate of drug-likeness (QED) is 0.451. The molecule has 0 bridgehead atoms. The highest BCUT2D eigenvalue weighted by Crippen LogP contribution is 2.13. The molecule has 0 aromatic heterocycles. The van der Waals surface area contributed by atoms with Crippen molar-refractivity contribution in [3.8, 4) is 0 Å². The Bertz CT molecular complexity index is 593. The molecule has 4 N–H and O–H groups in total. The second-order valence-electron chi connectivity index (χ2n) is 3.80. The third-order valence-corrected chi connectivity index (χ3v) is 3.07. The van der Waals surface area contributed by atoms with Crippen LogP contribution in [0.25, 0.3) is 0 Å². The van der Waals surface area contributed by atoms with Gasteiger partial charge in [-0.15, -0.1) is 5.10 Å². The van der Waals surface area contributed by atoms with Gasteiger partial charge in [0.2, 0.25) is 0 Å². The maximum atomic E-state index is 5.78. The Kier molecular flexibility index (Phi) is 4.69. The van der Waals surface area contributed by atoms with Crippen molar-refractivity contribution in [2.24, 2.45) is 10.8 Å². The van der Waals surface area contributed by atoms with Crippen molar-refractivity contribution in [2.75, 3.05) is 0 Å². The summed E-state index contributed by atoms with van der Waals surface area (Å²) in [7, 11) is 0. The Labute approximate surface area is 120 Å². The van der Waals surface area contributed by atoms with Crippen LogP contribution in [0.2, 0.25) is 0 Å². The van der Waals surface area contributed by atoms with Crippen LogP contribution < -0.4 is 16.2 Å². The van der Waals surface area contributed by atoms with Gasteiger partial charge in [0, 0.05) is 10.0 Å². The molecule has 96 valence electrons. The average molecular weight is 318 g/mol. The third kappa shape index (κ3) is 4.22. The molecule has 0 aliphatic carbocycles. The molecule has 0 spiro atoms. The maximum Gasteiger partial charge on any atom is 0.369 e. The fourth-order valence-corrected chi connectivity index (χ4v) is 1.84. The van der Waals surface area contributed by atoms with Gasteiger partial charge in [0.25, 0.3) is 0 Å². The fraction of sp³-hybridized carbons (Fsp3) is 0. The lowest BCUT2D eigenvalue weighted by Crippen LogP contribution is -2.72. The standard InChI is InChI=1S/C14H13BrN4/c15-13-9-5-4-6-11(13)10-17-19-14(16)18-12-7-2-1-3-8-12/h1-10H,(H3,16,18,19)/p+1. The number of para-hydroxylation sites is 1. The van der Waals surface area contributed by atoms with Crippen LogP contribution in [0, 0.1) is 0 Å². The Morgan fingerprint density at radius 2 is 1.79 bits per heavy atom. The second-order valence-corrected chi connectivity index (χ2v) is 4.65. The molecule has 2 rings (SSSR count). The minimum Gasteiger partial charge on any atom is -0.289 e. The van der Waals surface area contributed by atoms with Gasteiger partial charge >= 0.3 is 5.96 Å². The van der Waals surface area contributed by atoms with Gasteiger partial charge in [0.15, 0.2) is 0 Å². The molecule has 0 fully saturated rings. The van der Waals surface area contributed by atoms with E-state index >= 15 is 0 Å². The van der Waals surface area contributed by atoms with Gasteiger partial charge in [-0.1, -0.05) is 52.3 Å². The minimum atomic E-state index is 0.370. The van der Waals surface area contributed by atoms with E-state index < -0.39 is 0 Å². The number of hydrogen-bond donors (Lipinski definition) is 3. The lowest BCUT2D eigenvalue weighted by atomic mass is 10.2. The van der Waals surface area contributed by atoms with Crippen LogP contribution >= 0.6 is 15.9 Å². The van der Waals surface area contributed by atoms with Crippen LogP contribution in [0.15, 0.2) is 64.2 Å². The number of nitrogens with two attached hydrogens (primary N) is 1. The SMILES string of the molecule is NC(NN=Cc1ccccc1Br)=[NH+]c1ccccc1. The van der Waals surface area contributed by atoms with Gasteiger partial charge in [-0.25, -0.2) is 4.99 Å². The fourth-order valence-electron chi connectivity index (χ4n) is 1.46. The Balaban J connectivity index is 1.99. The van der Waals surface area contributed by atoms with E-state index in [1.165, 1.54) is 0 Å². The van der Waals surface area contributed by atoms with E-state index in [1.807, 2.05) is 54.6 Å². The number of guanidine groups is 1. The van der Waals surface area contributed by atoms with Gasteiger partial charge in [-0.05, 0) is 18.2 Å². The van der Waals surface area contributed by atoms with E-state index in [4.69, 9.17) is 5.73 Å². The Morgan fingerprint density at radius 3 is 2.53 bits per heavy atom. The number of hydrazone groups is 1. The molecule has 2 aromatic carbocycles. The molecule has 0 amide bonds. The van der Waals surface area contributed by atoms with Crippen molar-refractivity contribution >= 4 is 33.8 Å². The Morgan fingerprint density at radius 1 is 1.11 bits per heavy atom. The van der Waals surface area contributed by atoms with E-state index in [0.29, 0.717) is 5.96 Å². The molecule has 0 unspecified atom stereocenters. The summed E-state index contributed by atoms with van der Waals surface area (Å²) < 4.78 is 0.982. The zero-order chi connectivity index (χ0) is 13.5. The van der Waals surface area contributed by atoms with Gasteiger partial charge in [-0.3, -0.25) is 5.73 Å². The minimum absolute atomic E-state index is 0.370. The topological polar surface area (TPSA) is 64.4 Å². The van der Waals surface area contributed by atoms with Crippen LogP contribution in [0.5, 0.6) is 0 Å². The summed E-state index contributed by atoms with van der Waals surface area (Å²) in [4.78, 5) is 3.00. The second kappa shape index (κ2) is 6.70. The first kappa shape index (κ1) is 13.3. The smallest absolute Gasteiger partial charge is 0.289 e. The van der Waals surface area contributed by atoms with Gasteiger partial charge in [-0.2, -0.15) is 5.43 Å². The van der Waals surface area contributed by atoms with Crippen LogP contribution in [-0.4, -0.2) is 12.2 Å². The molecule has 19 heavy (non-hydrogen) atoms. The molecule has 0 heterocycles. The van der Waals surface area contributed by atoms with Crippen molar-refractivity contribution in [1.29, 1.82) is 0 Å².